The van der Waals surface area contributed by atoms with Crippen molar-refractivity contribution >= 4 is 29.0 Å². The summed E-state index contributed by atoms with van der Waals surface area (Å²) in [5.41, 5.74) is 0. The predicted octanol–water partition coefficient (Wildman–Crippen LogP) is 3.52. The van der Waals surface area contributed by atoms with Crippen molar-refractivity contribution in [2.45, 2.75) is 41.1 Å². The highest BCUT2D eigenvalue weighted by molar-refractivity contribution is 8.01. The van der Waals surface area contributed by atoms with Crippen LogP contribution >= 0.6 is 23.1 Å². The molecule has 26 heavy (non-hydrogen) atoms. The van der Waals surface area contributed by atoms with Gasteiger partial charge in [0.25, 0.3) is 5.91 Å². The van der Waals surface area contributed by atoms with Crippen LogP contribution in [0, 0.1) is 5.92 Å². The Balaban J connectivity index is 1.40. The Morgan fingerprint density at radius 1 is 1.31 bits per heavy atom. The van der Waals surface area contributed by atoms with Crippen molar-refractivity contribution in [3.05, 3.63) is 35.3 Å². The van der Waals surface area contributed by atoms with Gasteiger partial charge in [0, 0.05) is 12.1 Å². The lowest BCUT2D eigenvalue weighted by molar-refractivity contribution is 0.0218. The van der Waals surface area contributed by atoms with Gasteiger partial charge in [-0.2, -0.15) is 0 Å². The fraction of sp³-hybridized carbons (Fsp3) is 0.474. The van der Waals surface area contributed by atoms with E-state index >= 15 is 0 Å². The first-order chi connectivity index (χ1) is 12.6. The number of nitrogens with one attached hydrogen (secondary N) is 1. The number of methoxy groups -OCH3 is 1. The lowest BCUT2D eigenvalue weighted by Gasteiger charge is -2.49. The minimum absolute atomic E-state index is 0.0511. The van der Waals surface area contributed by atoms with E-state index in [1.807, 2.05) is 24.3 Å². The fourth-order valence-corrected chi connectivity index (χ4v) is 5.83. The van der Waals surface area contributed by atoms with Crippen LogP contribution in [0.3, 0.4) is 0 Å². The number of ether oxygens (including phenoxy) is 1. The Morgan fingerprint density at radius 3 is 2.77 bits per heavy atom. The van der Waals surface area contributed by atoms with Crippen LogP contribution in [0.5, 0.6) is 5.75 Å². The summed E-state index contributed by atoms with van der Waals surface area (Å²) in [5.74, 6) is 1.42. The molecule has 7 heteroatoms. The minimum atomic E-state index is 0.0511. The highest BCUT2D eigenvalue weighted by Crippen LogP contribution is 2.34. The number of amides is 1. The summed E-state index contributed by atoms with van der Waals surface area (Å²) in [4.78, 5) is 20.4. The number of carbonyl (C=O) groups is 1. The molecule has 2 aromatic heterocycles. The molecule has 5 nitrogen and oxygen atoms in total. The minimum Gasteiger partial charge on any atom is -0.495 e. The summed E-state index contributed by atoms with van der Waals surface area (Å²) >= 11 is 3.09. The number of pyridine rings is 1. The average molecular weight is 390 g/mol. The smallest absolute Gasteiger partial charge is 0.261 e. The maximum Gasteiger partial charge on any atom is 0.261 e. The van der Waals surface area contributed by atoms with Crippen LogP contribution in [-0.4, -0.2) is 48.1 Å². The number of nitrogens with zero attached hydrogens (tertiary/aromatic N) is 2. The van der Waals surface area contributed by atoms with Crippen LogP contribution in [0.1, 0.15) is 29.4 Å². The molecule has 0 spiro atoms. The topological polar surface area (TPSA) is 54.5 Å². The molecule has 3 aliphatic rings. The Bertz CT molecular complexity index is 767. The first-order valence-corrected chi connectivity index (χ1v) is 10.6. The van der Waals surface area contributed by atoms with Gasteiger partial charge in [-0.05, 0) is 63.0 Å². The van der Waals surface area contributed by atoms with Gasteiger partial charge in [0.15, 0.2) is 0 Å². The normalized spacial score (nSPS) is 27.3. The summed E-state index contributed by atoms with van der Waals surface area (Å²) in [6, 6.07) is 8.44. The Morgan fingerprint density at radius 2 is 2.12 bits per heavy atom. The molecule has 2 bridgehead atoms. The standard InChI is InChI=1S/C19H23N3O2S2/c1-12-18(13-7-9-22(12)10-8-13)21-19(23)15-4-6-17(25-15)26-16-5-3-14(24-2)11-20-16/h3-6,11-13,18H,7-10H2,1-2H3,(H,21,23). The van der Waals surface area contributed by atoms with E-state index in [0.29, 0.717) is 12.0 Å². The van der Waals surface area contributed by atoms with Crippen molar-refractivity contribution in [3.8, 4) is 5.75 Å². The van der Waals surface area contributed by atoms with Crippen molar-refractivity contribution in [3.63, 3.8) is 0 Å². The highest BCUT2D eigenvalue weighted by atomic mass is 32.2. The average Bonchev–Trinajstić information content (AvgIpc) is 3.14. The molecule has 0 aromatic carbocycles. The SMILES string of the molecule is COc1ccc(Sc2ccc(C(=O)NC3C4CCN(CC4)C3C)s2)nc1. The molecule has 1 N–H and O–H groups in total. The van der Waals surface area contributed by atoms with Crippen molar-refractivity contribution in [1.82, 2.24) is 15.2 Å². The number of hydrogen-bond acceptors (Lipinski definition) is 6. The maximum absolute atomic E-state index is 12.7. The Hall–Kier alpha value is -1.57. The molecule has 1 amide bonds. The quantitative estimate of drug-likeness (QED) is 0.848. The molecule has 0 radical (unpaired) electrons. The monoisotopic (exact) mass is 389 g/mol. The summed E-state index contributed by atoms with van der Waals surface area (Å²) in [6.45, 7) is 4.58. The first kappa shape index (κ1) is 17.8. The Labute approximate surface area is 162 Å². The number of rotatable bonds is 5. The molecular weight excluding hydrogens is 366 g/mol. The number of piperidine rings is 3. The molecule has 3 aliphatic heterocycles. The van der Waals surface area contributed by atoms with Crippen molar-refractivity contribution in [1.29, 1.82) is 0 Å². The maximum atomic E-state index is 12.7. The number of aromatic nitrogens is 1. The van der Waals surface area contributed by atoms with Crippen LogP contribution in [0.15, 0.2) is 39.7 Å². The van der Waals surface area contributed by atoms with Crippen LogP contribution in [0.4, 0.5) is 0 Å². The van der Waals surface area contributed by atoms with Crippen molar-refractivity contribution in [2.24, 2.45) is 5.92 Å². The van der Waals surface area contributed by atoms with Gasteiger partial charge < -0.3 is 10.1 Å². The molecule has 2 unspecified atom stereocenters. The summed E-state index contributed by atoms with van der Waals surface area (Å²) in [6.07, 6.45) is 4.10. The summed E-state index contributed by atoms with van der Waals surface area (Å²) in [7, 11) is 1.63. The second-order valence-corrected chi connectivity index (χ2v) is 9.27. The van der Waals surface area contributed by atoms with E-state index in [1.165, 1.54) is 37.3 Å². The largest absolute Gasteiger partial charge is 0.495 e. The third-order valence-electron chi connectivity index (χ3n) is 5.43. The van der Waals surface area contributed by atoms with E-state index in [0.717, 1.165) is 19.9 Å². The Kier molecular flexibility index (Phi) is 5.20. The second-order valence-electron chi connectivity index (χ2n) is 6.87. The van der Waals surface area contributed by atoms with Gasteiger partial charge in [-0.25, -0.2) is 4.98 Å². The van der Waals surface area contributed by atoms with E-state index in [2.05, 4.69) is 22.1 Å². The molecular formula is C19H23N3O2S2. The van der Waals surface area contributed by atoms with Crippen LogP contribution in [0.2, 0.25) is 0 Å². The molecule has 2 atom stereocenters. The molecule has 0 saturated carbocycles. The van der Waals surface area contributed by atoms with Crippen LogP contribution < -0.4 is 10.1 Å². The fourth-order valence-electron chi connectivity index (χ4n) is 3.92. The summed E-state index contributed by atoms with van der Waals surface area (Å²) in [5, 5.41) is 4.19. The zero-order chi connectivity index (χ0) is 18.1. The van der Waals surface area contributed by atoms with E-state index in [-0.39, 0.29) is 11.9 Å². The summed E-state index contributed by atoms with van der Waals surface area (Å²) < 4.78 is 6.20. The van der Waals surface area contributed by atoms with Crippen LogP contribution in [-0.2, 0) is 0 Å². The van der Waals surface area contributed by atoms with E-state index in [1.54, 1.807) is 25.1 Å². The molecule has 3 fully saturated rings. The predicted molar refractivity (Wildman–Crippen MR) is 104 cm³/mol. The van der Waals surface area contributed by atoms with Crippen molar-refractivity contribution in [2.75, 3.05) is 20.2 Å². The van der Waals surface area contributed by atoms with Gasteiger partial charge in [-0.3, -0.25) is 9.69 Å². The number of thiophene rings is 1. The van der Waals surface area contributed by atoms with Gasteiger partial charge in [0.05, 0.1) is 22.4 Å². The number of fused-ring (bicyclic) bond motifs is 3. The molecule has 3 saturated heterocycles. The molecule has 5 rings (SSSR count). The lowest BCUT2D eigenvalue weighted by atomic mass is 9.79. The lowest BCUT2D eigenvalue weighted by Crippen LogP contribution is -2.62. The van der Waals surface area contributed by atoms with Crippen molar-refractivity contribution < 1.29 is 9.53 Å². The molecule has 138 valence electrons. The molecule has 2 aromatic rings. The number of carbonyl (C=O) groups excluding carboxylic acids is 1. The zero-order valence-corrected chi connectivity index (χ0v) is 16.6. The third-order valence-corrected chi connectivity index (χ3v) is 7.60. The number of hydrogen-bond donors (Lipinski definition) is 1. The van der Waals surface area contributed by atoms with Gasteiger partial charge in [0.1, 0.15) is 10.8 Å². The molecule has 5 heterocycles. The van der Waals surface area contributed by atoms with E-state index in [9.17, 15) is 4.79 Å². The van der Waals surface area contributed by atoms with Gasteiger partial charge in [0.2, 0.25) is 0 Å². The van der Waals surface area contributed by atoms with E-state index in [4.69, 9.17) is 4.74 Å². The van der Waals surface area contributed by atoms with Gasteiger partial charge in [-0.15, -0.1) is 11.3 Å². The highest BCUT2D eigenvalue weighted by Gasteiger charge is 2.40. The zero-order valence-electron chi connectivity index (χ0n) is 15.0. The second kappa shape index (κ2) is 7.58. The van der Waals surface area contributed by atoms with E-state index < -0.39 is 0 Å². The van der Waals surface area contributed by atoms with Gasteiger partial charge >= 0.3 is 0 Å². The van der Waals surface area contributed by atoms with Crippen LogP contribution in [0.25, 0.3) is 0 Å². The third kappa shape index (κ3) is 3.61. The molecule has 0 aliphatic carbocycles. The first-order valence-electron chi connectivity index (χ1n) is 8.96. The van der Waals surface area contributed by atoms with Gasteiger partial charge in [-0.1, -0.05) is 11.8 Å².